The maximum absolute atomic E-state index is 13.7. The Balaban J connectivity index is 1.42. The minimum atomic E-state index is -0.0580. The van der Waals surface area contributed by atoms with Gasteiger partial charge in [-0.2, -0.15) is 5.10 Å². The van der Waals surface area contributed by atoms with Gasteiger partial charge in [0.05, 0.1) is 28.7 Å². The third kappa shape index (κ3) is 4.75. The lowest BCUT2D eigenvalue weighted by atomic mass is 10.1. The van der Waals surface area contributed by atoms with Gasteiger partial charge in [0.1, 0.15) is 11.4 Å². The van der Waals surface area contributed by atoms with E-state index in [0.717, 1.165) is 35.8 Å². The summed E-state index contributed by atoms with van der Waals surface area (Å²) < 4.78 is 7.48. The second kappa shape index (κ2) is 10.2. The Morgan fingerprint density at radius 1 is 0.886 bits per heavy atom. The zero-order valence-corrected chi connectivity index (χ0v) is 20.4. The number of hydrogen-bond acceptors (Lipinski definition) is 4. The van der Waals surface area contributed by atoms with E-state index in [1.807, 2.05) is 90.7 Å². The van der Waals surface area contributed by atoms with Crippen LogP contribution in [0.3, 0.4) is 0 Å². The maximum atomic E-state index is 13.7. The van der Waals surface area contributed by atoms with Crippen molar-refractivity contribution in [2.24, 2.45) is 0 Å². The van der Waals surface area contributed by atoms with Crippen LogP contribution in [0.15, 0.2) is 84.9 Å². The van der Waals surface area contributed by atoms with Gasteiger partial charge in [-0.3, -0.25) is 4.79 Å². The number of benzene rings is 3. The van der Waals surface area contributed by atoms with Crippen LogP contribution in [0.1, 0.15) is 17.4 Å². The van der Waals surface area contributed by atoms with Crippen LogP contribution in [0.4, 0.5) is 5.69 Å². The van der Waals surface area contributed by atoms with Gasteiger partial charge in [0.15, 0.2) is 0 Å². The van der Waals surface area contributed by atoms with Crippen LogP contribution in [0.2, 0.25) is 5.02 Å². The predicted molar refractivity (Wildman–Crippen MR) is 140 cm³/mol. The summed E-state index contributed by atoms with van der Waals surface area (Å²) in [5.41, 5.74) is 3.93. The molecule has 0 atom stereocenters. The van der Waals surface area contributed by atoms with Gasteiger partial charge in [-0.1, -0.05) is 66.2 Å². The van der Waals surface area contributed by atoms with E-state index in [-0.39, 0.29) is 5.91 Å². The zero-order valence-electron chi connectivity index (χ0n) is 19.6. The SMILES string of the molecule is CCOc1ccccc1N1CCN(C(=O)c2cc(-c3ccccc3)nn2-c2ccccc2Cl)CC1. The summed E-state index contributed by atoms with van der Waals surface area (Å²) in [7, 11) is 0. The number of para-hydroxylation sites is 3. The van der Waals surface area contributed by atoms with Gasteiger partial charge in [-0.05, 0) is 37.3 Å². The van der Waals surface area contributed by atoms with Gasteiger partial charge < -0.3 is 14.5 Å². The molecule has 5 rings (SSSR count). The maximum Gasteiger partial charge on any atom is 0.272 e. The van der Waals surface area contributed by atoms with Crippen LogP contribution in [0, 0.1) is 0 Å². The Bertz CT molecular complexity index is 1310. The largest absolute Gasteiger partial charge is 0.492 e. The number of carbonyl (C=O) groups is 1. The highest BCUT2D eigenvalue weighted by atomic mass is 35.5. The summed E-state index contributed by atoms with van der Waals surface area (Å²) in [6.45, 7) is 5.26. The van der Waals surface area contributed by atoms with Crippen LogP contribution in [0.5, 0.6) is 5.75 Å². The average Bonchev–Trinajstić information content (AvgIpc) is 3.35. The Hall–Kier alpha value is -3.77. The molecule has 7 heteroatoms. The van der Waals surface area contributed by atoms with E-state index in [9.17, 15) is 4.79 Å². The van der Waals surface area contributed by atoms with Gasteiger partial charge in [0.2, 0.25) is 0 Å². The molecular weight excluding hydrogens is 460 g/mol. The number of piperazine rings is 1. The van der Waals surface area contributed by atoms with Crippen LogP contribution < -0.4 is 9.64 Å². The van der Waals surface area contributed by atoms with Crippen molar-refractivity contribution in [3.05, 3.63) is 95.6 Å². The molecule has 0 aliphatic carbocycles. The Morgan fingerprint density at radius 3 is 2.26 bits per heavy atom. The molecule has 1 aliphatic rings. The molecule has 0 unspecified atom stereocenters. The van der Waals surface area contributed by atoms with Crippen molar-refractivity contribution in [3.63, 3.8) is 0 Å². The Kier molecular flexibility index (Phi) is 6.73. The van der Waals surface area contributed by atoms with Gasteiger partial charge in [0, 0.05) is 31.7 Å². The summed E-state index contributed by atoms with van der Waals surface area (Å²) in [6, 6.07) is 27.2. The molecule has 0 saturated carbocycles. The van der Waals surface area contributed by atoms with E-state index in [1.54, 1.807) is 4.68 Å². The van der Waals surface area contributed by atoms with Gasteiger partial charge >= 0.3 is 0 Å². The van der Waals surface area contributed by atoms with E-state index in [2.05, 4.69) is 11.0 Å². The van der Waals surface area contributed by atoms with Crippen molar-refractivity contribution < 1.29 is 9.53 Å². The number of ether oxygens (including phenoxy) is 1. The first-order chi connectivity index (χ1) is 17.2. The van der Waals surface area contributed by atoms with Crippen LogP contribution >= 0.6 is 11.6 Å². The average molecular weight is 487 g/mol. The lowest BCUT2D eigenvalue weighted by Gasteiger charge is -2.36. The van der Waals surface area contributed by atoms with Crippen LogP contribution in [-0.4, -0.2) is 53.4 Å². The minimum absolute atomic E-state index is 0.0580. The number of hydrogen-bond donors (Lipinski definition) is 0. The fourth-order valence-corrected chi connectivity index (χ4v) is 4.61. The molecule has 178 valence electrons. The molecule has 2 heterocycles. The van der Waals surface area contributed by atoms with Gasteiger partial charge in [-0.25, -0.2) is 4.68 Å². The summed E-state index contributed by atoms with van der Waals surface area (Å²) >= 11 is 6.50. The monoisotopic (exact) mass is 486 g/mol. The van der Waals surface area contributed by atoms with E-state index in [0.29, 0.717) is 36.1 Å². The second-order valence-electron chi connectivity index (χ2n) is 8.32. The molecule has 1 aliphatic heterocycles. The first-order valence-electron chi connectivity index (χ1n) is 11.8. The molecule has 1 aromatic heterocycles. The third-order valence-corrected chi connectivity index (χ3v) is 6.47. The summed E-state index contributed by atoms with van der Waals surface area (Å²) in [4.78, 5) is 17.9. The molecule has 3 aromatic carbocycles. The van der Waals surface area contributed by atoms with Gasteiger partial charge in [-0.15, -0.1) is 0 Å². The van der Waals surface area contributed by atoms with E-state index in [1.165, 1.54) is 0 Å². The van der Waals surface area contributed by atoms with Gasteiger partial charge in [0.25, 0.3) is 5.91 Å². The lowest BCUT2D eigenvalue weighted by molar-refractivity contribution is 0.0737. The highest BCUT2D eigenvalue weighted by Crippen LogP contribution is 2.30. The van der Waals surface area contributed by atoms with Crippen molar-refractivity contribution in [1.82, 2.24) is 14.7 Å². The Labute approximate surface area is 210 Å². The van der Waals surface area contributed by atoms with Crippen LogP contribution in [0.25, 0.3) is 16.9 Å². The lowest BCUT2D eigenvalue weighted by Crippen LogP contribution is -2.49. The van der Waals surface area contributed by atoms with Crippen molar-refractivity contribution in [3.8, 4) is 22.7 Å². The summed E-state index contributed by atoms with van der Waals surface area (Å²) in [5.74, 6) is 0.816. The molecule has 1 amide bonds. The first-order valence-corrected chi connectivity index (χ1v) is 12.2. The predicted octanol–water partition coefficient (Wildman–Crippen LogP) is 5.55. The topological polar surface area (TPSA) is 50.6 Å². The van der Waals surface area contributed by atoms with E-state index >= 15 is 0 Å². The third-order valence-electron chi connectivity index (χ3n) is 6.15. The van der Waals surface area contributed by atoms with Crippen molar-refractivity contribution in [2.45, 2.75) is 6.92 Å². The normalized spacial score (nSPS) is 13.7. The molecule has 1 saturated heterocycles. The molecule has 35 heavy (non-hydrogen) atoms. The molecule has 0 bridgehead atoms. The number of nitrogens with zero attached hydrogens (tertiary/aromatic N) is 4. The fourth-order valence-electron chi connectivity index (χ4n) is 4.40. The molecule has 6 nitrogen and oxygen atoms in total. The minimum Gasteiger partial charge on any atom is -0.492 e. The van der Waals surface area contributed by atoms with Crippen molar-refractivity contribution in [1.29, 1.82) is 0 Å². The molecule has 0 radical (unpaired) electrons. The van der Waals surface area contributed by atoms with Crippen molar-refractivity contribution in [2.75, 3.05) is 37.7 Å². The fraction of sp³-hybridized carbons (Fsp3) is 0.214. The van der Waals surface area contributed by atoms with Crippen molar-refractivity contribution >= 4 is 23.2 Å². The summed E-state index contributed by atoms with van der Waals surface area (Å²) in [6.07, 6.45) is 0. The molecule has 4 aromatic rings. The number of rotatable bonds is 6. The number of halogens is 1. The number of aromatic nitrogens is 2. The number of amides is 1. The highest BCUT2D eigenvalue weighted by molar-refractivity contribution is 6.32. The molecular formula is C28H27ClN4O2. The highest BCUT2D eigenvalue weighted by Gasteiger charge is 2.27. The van der Waals surface area contributed by atoms with E-state index < -0.39 is 0 Å². The Morgan fingerprint density at radius 2 is 1.54 bits per heavy atom. The molecule has 0 spiro atoms. The molecule has 1 fully saturated rings. The molecule has 0 N–H and O–H groups in total. The van der Waals surface area contributed by atoms with E-state index in [4.69, 9.17) is 21.4 Å². The second-order valence-corrected chi connectivity index (χ2v) is 8.73. The first kappa shape index (κ1) is 23.0. The zero-order chi connectivity index (χ0) is 24.2. The smallest absolute Gasteiger partial charge is 0.272 e. The quantitative estimate of drug-likeness (QED) is 0.358. The van der Waals surface area contributed by atoms with Crippen LogP contribution in [-0.2, 0) is 0 Å². The number of anilines is 1. The number of carbonyl (C=O) groups excluding carboxylic acids is 1. The summed E-state index contributed by atoms with van der Waals surface area (Å²) in [5, 5.41) is 5.32. The standard InChI is InChI=1S/C28H27ClN4O2/c1-2-35-27-15-9-8-14-25(27)31-16-18-32(19-17-31)28(34)26-20-23(21-10-4-3-5-11-21)30-33(26)24-13-7-6-12-22(24)29/h3-15,20H,2,16-19H2,1H3.